The number of fused-ring (bicyclic) bond motifs is 1. The van der Waals surface area contributed by atoms with E-state index in [-0.39, 0.29) is 34.7 Å². The van der Waals surface area contributed by atoms with Crippen LogP contribution in [0.15, 0.2) is 58.9 Å². The van der Waals surface area contributed by atoms with Gasteiger partial charge in [-0.05, 0) is 42.1 Å². The standard InChI is InChI=1S/C20H12F3N3O2S2/c21-20(22,23)30-18-4-2-1-3-14(18)25-9-13(8-24)19-26-15(10-29-19)12-5-6-16-17(7-12)28-11-27-16/h1-7,9-10,25H,11H2/b13-9+. The Balaban J connectivity index is 1.56. The lowest BCUT2D eigenvalue weighted by Crippen LogP contribution is -2.01. The van der Waals surface area contributed by atoms with Crippen molar-refractivity contribution < 1.29 is 22.6 Å². The molecule has 2 aromatic carbocycles. The highest BCUT2D eigenvalue weighted by atomic mass is 32.2. The summed E-state index contributed by atoms with van der Waals surface area (Å²) in [5, 5.41) is 14.5. The Labute approximate surface area is 177 Å². The van der Waals surface area contributed by atoms with Gasteiger partial charge in [-0.25, -0.2) is 4.98 Å². The molecular formula is C20H12F3N3O2S2. The van der Waals surface area contributed by atoms with E-state index in [4.69, 9.17) is 9.47 Å². The Morgan fingerprint density at radius 2 is 2.00 bits per heavy atom. The van der Waals surface area contributed by atoms with Crippen molar-refractivity contribution in [3.05, 3.63) is 59.1 Å². The molecule has 0 unspecified atom stereocenters. The number of halogens is 3. The molecule has 152 valence electrons. The zero-order valence-electron chi connectivity index (χ0n) is 15.1. The topological polar surface area (TPSA) is 67.2 Å². The third-order valence-electron chi connectivity index (χ3n) is 4.01. The largest absolute Gasteiger partial charge is 0.454 e. The molecule has 1 N–H and O–H groups in total. The van der Waals surface area contributed by atoms with Crippen molar-refractivity contribution in [2.24, 2.45) is 0 Å². The van der Waals surface area contributed by atoms with Crippen molar-refractivity contribution >= 4 is 34.4 Å². The second-order valence-corrected chi connectivity index (χ2v) is 7.93. The van der Waals surface area contributed by atoms with E-state index in [0.29, 0.717) is 22.2 Å². The third kappa shape index (κ3) is 4.53. The zero-order valence-corrected chi connectivity index (χ0v) is 16.7. The van der Waals surface area contributed by atoms with E-state index >= 15 is 0 Å². The van der Waals surface area contributed by atoms with Crippen LogP contribution in [-0.2, 0) is 0 Å². The molecule has 0 atom stereocenters. The number of rotatable bonds is 5. The summed E-state index contributed by atoms with van der Waals surface area (Å²) in [6.45, 7) is 0.169. The van der Waals surface area contributed by atoms with Crippen molar-refractivity contribution in [3.63, 3.8) is 0 Å². The fraction of sp³-hybridized carbons (Fsp3) is 0.100. The number of para-hydroxylation sites is 1. The van der Waals surface area contributed by atoms with E-state index in [1.54, 1.807) is 23.6 Å². The predicted octanol–water partition coefficient (Wildman–Crippen LogP) is 6.13. The molecule has 1 aliphatic heterocycles. The zero-order chi connectivity index (χ0) is 21.1. The molecule has 0 bridgehead atoms. The van der Waals surface area contributed by atoms with E-state index in [1.807, 2.05) is 12.1 Å². The number of anilines is 1. The van der Waals surface area contributed by atoms with Crippen molar-refractivity contribution in [1.29, 1.82) is 5.26 Å². The van der Waals surface area contributed by atoms with Gasteiger partial charge < -0.3 is 14.8 Å². The van der Waals surface area contributed by atoms with Gasteiger partial charge in [-0.15, -0.1) is 11.3 Å². The second kappa shape index (κ2) is 8.30. The Morgan fingerprint density at radius 3 is 2.80 bits per heavy atom. The minimum Gasteiger partial charge on any atom is -0.454 e. The van der Waals surface area contributed by atoms with Crippen LogP contribution < -0.4 is 14.8 Å². The smallest absolute Gasteiger partial charge is 0.446 e. The van der Waals surface area contributed by atoms with Gasteiger partial charge in [0.05, 0.1) is 11.4 Å². The molecule has 1 aromatic heterocycles. The molecule has 0 amide bonds. The number of nitrogens with zero attached hydrogens (tertiary/aromatic N) is 2. The maximum absolute atomic E-state index is 12.7. The number of benzene rings is 2. The van der Waals surface area contributed by atoms with Crippen molar-refractivity contribution in [1.82, 2.24) is 4.98 Å². The molecule has 0 saturated heterocycles. The first-order valence-electron chi connectivity index (χ1n) is 8.50. The minimum atomic E-state index is -4.41. The van der Waals surface area contributed by atoms with Gasteiger partial charge in [-0.1, -0.05) is 12.1 Å². The predicted molar refractivity (Wildman–Crippen MR) is 109 cm³/mol. The highest BCUT2D eigenvalue weighted by Gasteiger charge is 2.30. The Kier molecular flexibility index (Phi) is 5.57. The van der Waals surface area contributed by atoms with Crippen LogP contribution in [0.5, 0.6) is 11.5 Å². The van der Waals surface area contributed by atoms with Crippen LogP contribution in [-0.4, -0.2) is 17.3 Å². The van der Waals surface area contributed by atoms with Gasteiger partial charge in [0.1, 0.15) is 16.6 Å². The van der Waals surface area contributed by atoms with Crippen molar-refractivity contribution in [2.45, 2.75) is 10.4 Å². The summed E-state index contributed by atoms with van der Waals surface area (Å²) in [6.07, 6.45) is 1.36. The van der Waals surface area contributed by atoms with Crippen LogP contribution in [0, 0.1) is 11.3 Å². The summed E-state index contributed by atoms with van der Waals surface area (Å²) in [7, 11) is 0. The van der Waals surface area contributed by atoms with Crippen molar-refractivity contribution in [2.75, 3.05) is 12.1 Å². The van der Waals surface area contributed by atoms with E-state index in [0.717, 1.165) is 5.56 Å². The van der Waals surface area contributed by atoms with Gasteiger partial charge in [0, 0.05) is 22.0 Å². The summed E-state index contributed by atoms with van der Waals surface area (Å²) < 4.78 is 48.9. The van der Waals surface area contributed by atoms with E-state index in [2.05, 4.69) is 10.3 Å². The van der Waals surface area contributed by atoms with Gasteiger partial charge in [-0.3, -0.25) is 0 Å². The van der Waals surface area contributed by atoms with Gasteiger partial charge in [-0.2, -0.15) is 18.4 Å². The van der Waals surface area contributed by atoms with Crippen LogP contribution >= 0.6 is 23.1 Å². The average Bonchev–Trinajstić information content (AvgIpc) is 3.37. The third-order valence-corrected chi connectivity index (χ3v) is 5.69. The summed E-state index contributed by atoms with van der Waals surface area (Å²) in [5.74, 6) is 1.28. The number of ether oxygens (including phenoxy) is 2. The quantitative estimate of drug-likeness (QED) is 0.375. The van der Waals surface area contributed by atoms with E-state index in [9.17, 15) is 18.4 Å². The molecule has 0 radical (unpaired) electrons. The molecule has 3 aromatic rings. The number of nitrogens with one attached hydrogen (secondary N) is 1. The van der Waals surface area contributed by atoms with Crippen molar-refractivity contribution in [3.8, 4) is 28.8 Å². The maximum atomic E-state index is 12.7. The molecule has 0 saturated carbocycles. The first-order chi connectivity index (χ1) is 14.4. The number of allylic oxidation sites excluding steroid dienone is 1. The van der Waals surface area contributed by atoms with Gasteiger partial charge >= 0.3 is 5.51 Å². The number of thiazole rings is 1. The van der Waals surface area contributed by atoms with Gasteiger partial charge in [0.25, 0.3) is 0 Å². The van der Waals surface area contributed by atoms with E-state index in [1.165, 1.54) is 35.7 Å². The van der Waals surface area contributed by atoms with Crippen LogP contribution in [0.3, 0.4) is 0 Å². The lowest BCUT2D eigenvalue weighted by molar-refractivity contribution is -0.0327. The molecule has 30 heavy (non-hydrogen) atoms. The molecule has 4 rings (SSSR count). The number of aromatic nitrogens is 1. The number of hydrogen-bond donors (Lipinski definition) is 1. The van der Waals surface area contributed by atoms with E-state index < -0.39 is 5.51 Å². The molecular weight excluding hydrogens is 435 g/mol. The number of alkyl halides is 3. The molecule has 0 aliphatic carbocycles. The lowest BCUT2D eigenvalue weighted by atomic mass is 10.1. The summed E-state index contributed by atoms with van der Waals surface area (Å²) >= 11 is 1.04. The molecule has 1 aliphatic rings. The number of thioether (sulfide) groups is 1. The lowest BCUT2D eigenvalue weighted by Gasteiger charge is -2.10. The Morgan fingerprint density at radius 1 is 1.20 bits per heavy atom. The highest BCUT2D eigenvalue weighted by Crippen LogP contribution is 2.40. The fourth-order valence-electron chi connectivity index (χ4n) is 2.68. The molecule has 0 spiro atoms. The normalized spacial score (nSPS) is 13.2. The first-order valence-corrected chi connectivity index (χ1v) is 10.2. The Bertz CT molecular complexity index is 1150. The SMILES string of the molecule is N#C/C(=C\Nc1ccccc1SC(F)(F)F)c1nc(-c2ccc3c(c2)OCO3)cs1. The summed E-state index contributed by atoms with van der Waals surface area (Å²) in [5.41, 5.74) is -2.49. The maximum Gasteiger partial charge on any atom is 0.446 e. The molecule has 5 nitrogen and oxygen atoms in total. The van der Waals surface area contributed by atoms with Crippen LogP contribution in [0.1, 0.15) is 5.01 Å². The van der Waals surface area contributed by atoms with Crippen LogP contribution in [0.25, 0.3) is 16.8 Å². The molecule has 10 heteroatoms. The fourth-order valence-corrected chi connectivity index (χ4v) is 4.10. The summed E-state index contributed by atoms with van der Waals surface area (Å²) in [6, 6.07) is 13.5. The number of nitriles is 1. The van der Waals surface area contributed by atoms with Crippen LogP contribution in [0.4, 0.5) is 18.9 Å². The number of hydrogen-bond acceptors (Lipinski definition) is 7. The first kappa shape index (κ1) is 20.1. The minimum absolute atomic E-state index is 0.0127. The monoisotopic (exact) mass is 447 g/mol. The second-order valence-electron chi connectivity index (χ2n) is 5.96. The Hall–Kier alpha value is -3.16. The van der Waals surface area contributed by atoms with Gasteiger partial charge in [0.15, 0.2) is 11.5 Å². The summed E-state index contributed by atoms with van der Waals surface area (Å²) in [4.78, 5) is 4.49. The highest BCUT2D eigenvalue weighted by molar-refractivity contribution is 8.00. The average molecular weight is 447 g/mol. The van der Waals surface area contributed by atoms with Gasteiger partial charge in [0.2, 0.25) is 6.79 Å². The molecule has 2 heterocycles. The van der Waals surface area contributed by atoms with Crippen LogP contribution in [0.2, 0.25) is 0 Å². The molecule has 0 fully saturated rings.